The molecule has 2 N–H and O–H groups in total. The Kier molecular flexibility index (Phi) is 3.89. The smallest absolute Gasteiger partial charge is 0.0346 e. The van der Waals surface area contributed by atoms with Crippen molar-refractivity contribution < 1.29 is 0 Å². The minimum atomic E-state index is -0.00389. The number of aryl methyl sites for hydroxylation is 3. The van der Waals surface area contributed by atoms with Gasteiger partial charge in [0.05, 0.1) is 0 Å². The third kappa shape index (κ3) is 2.58. The van der Waals surface area contributed by atoms with E-state index in [9.17, 15) is 0 Å². The molecule has 1 nitrogen and oxygen atoms in total. The predicted molar refractivity (Wildman–Crippen MR) is 88.3 cm³/mol. The van der Waals surface area contributed by atoms with Gasteiger partial charge >= 0.3 is 0 Å². The predicted octanol–water partition coefficient (Wildman–Crippen LogP) is 4.77. The minimum absolute atomic E-state index is 0.00389. The molecule has 0 aliphatic rings. The zero-order valence-electron chi connectivity index (χ0n) is 13.2. The highest BCUT2D eigenvalue weighted by Gasteiger charge is 2.24. The lowest BCUT2D eigenvalue weighted by molar-refractivity contribution is 0.639. The number of anilines is 1. The summed E-state index contributed by atoms with van der Waals surface area (Å²) in [5.41, 5.74) is 13.5. The van der Waals surface area contributed by atoms with Crippen molar-refractivity contribution in [3.63, 3.8) is 0 Å². The molecule has 0 saturated carbocycles. The monoisotopic (exact) mass is 267 g/mol. The Labute approximate surface area is 122 Å². The van der Waals surface area contributed by atoms with Crippen molar-refractivity contribution in [2.24, 2.45) is 0 Å². The van der Waals surface area contributed by atoms with E-state index in [1.165, 1.54) is 27.8 Å². The van der Waals surface area contributed by atoms with Gasteiger partial charge in [0.2, 0.25) is 0 Å². The van der Waals surface area contributed by atoms with Crippen LogP contribution in [0.25, 0.3) is 0 Å². The van der Waals surface area contributed by atoms with E-state index >= 15 is 0 Å². The zero-order valence-corrected chi connectivity index (χ0v) is 13.2. The average Bonchev–Trinajstić information content (AvgIpc) is 2.42. The normalized spacial score (nSPS) is 11.7. The summed E-state index contributed by atoms with van der Waals surface area (Å²) in [4.78, 5) is 0. The van der Waals surface area contributed by atoms with Gasteiger partial charge in [-0.1, -0.05) is 51.1 Å². The van der Waals surface area contributed by atoms with Gasteiger partial charge in [0.25, 0.3) is 0 Å². The molecule has 2 aromatic rings. The van der Waals surface area contributed by atoms with Crippen LogP contribution in [0.3, 0.4) is 0 Å². The molecule has 20 heavy (non-hydrogen) atoms. The highest BCUT2D eigenvalue weighted by molar-refractivity contribution is 5.52. The summed E-state index contributed by atoms with van der Waals surface area (Å²) >= 11 is 0. The Bertz CT molecular complexity index is 624. The number of nitrogens with two attached hydrogens (primary N) is 1. The largest absolute Gasteiger partial charge is 0.399 e. The maximum Gasteiger partial charge on any atom is 0.0346 e. The van der Waals surface area contributed by atoms with Crippen molar-refractivity contribution in [3.8, 4) is 0 Å². The molecule has 0 saturated heterocycles. The van der Waals surface area contributed by atoms with Crippen LogP contribution in [0.1, 0.15) is 48.6 Å². The second-order valence-corrected chi connectivity index (χ2v) is 6.19. The Morgan fingerprint density at radius 3 is 2.10 bits per heavy atom. The van der Waals surface area contributed by atoms with Crippen LogP contribution in [-0.4, -0.2) is 0 Å². The fourth-order valence-electron chi connectivity index (χ4n) is 2.60. The maximum absolute atomic E-state index is 6.03. The third-order valence-electron chi connectivity index (χ3n) is 4.47. The number of nitrogen functional groups attached to an aromatic ring is 1. The molecular formula is C19H25N. The fourth-order valence-corrected chi connectivity index (χ4v) is 2.60. The van der Waals surface area contributed by atoms with Crippen LogP contribution in [0.2, 0.25) is 0 Å². The molecule has 1 heteroatoms. The molecule has 0 aliphatic heterocycles. The Morgan fingerprint density at radius 2 is 1.50 bits per heavy atom. The van der Waals surface area contributed by atoms with E-state index < -0.39 is 0 Å². The summed E-state index contributed by atoms with van der Waals surface area (Å²) in [5, 5.41) is 0. The van der Waals surface area contributed by atoms with Crippen molar-refractivity contribution in [2.75, 3.05) is 5.73 Å². The lowest BCUT2D eigenvalue weighted by Crippen LogP contribution is -2.19. The molecule has 0 aliphatic carbocycles. The topological polar surface area (TPSA) is 26.0 Å². The standard InChI is InChI=1S/C19H25N/c1-6-15-12-17(9-10-18(15)20)19(4,5)16-8-7-13(2)14(3)11-16/h7-12H,6,20H2,1-5H3. The van der Waals surface area contributed by atoms with E-state index in [4.69, 9.17) is 5.73 Å². The molecule has 0 spiro atoms. The van der Waals surface area contributed by atoms with E-state index in [0.29, 0.717) is 0 Å². The third-order valence-corrected chi connectivity index (χ3v) is 4.47. The van der Waals surface area contributed by atoms with Gasteiger partial charge in [0.1, 0.15) is 0 Å². The van der Waals surface area contributed by atoms with Gasteiger partial charge in [-0.15, -0.1) is 0 Å². The lowest BCUT2D eigenvalue weighted by Gasteiger charge is -2.27. The van der Waals surface area contributed by atoms with Crippen LogP contribution in [0.5, 0.6) is 0 Å². The molecule has 0 atom stereocenters. The summed E-state index contributed by atoms with van der Waals surface area (Å²) in [5.74, 6) is 0. The Balaban J connectivity index is 2.50. The summed E-state index contributed by atoms with van der Waals surface area (Å²) < 4.78 is 0. The molecule has 0 bridgehead atoms. The molecule has 0 unspecified atom stereocenters. The number of benzene rings is 2. The first kappa shape index (κ1) is 14.6. The summed E-state index contributed by atoms with van der Waals surface area (Å²) in [6.07, 6.45) is 0.975. The van der Waals surface area contributed by atoms with Gasteiger partial charge in [-0.25, -0.2) is 0 Å². The number of hydrogen-bond acceptors (Lipinski definition) is 1. The van der Waals surface area contributed by atoms with Crippen molar-refractivity contribution in [3.05, 3.63) is 64.2 Å². The zero-order chi connectivity index (χ0) is 14.9. The molecule has 0 aromatic heterocycles. The number of hydrogen-bond donors (Lipinski definition) is 1. The first-order valence-corrected chi connectivity index (χ1v) is 7.33. The molecule has 2 rings (SSSR count). The van der Waals surface area contributed by atoms with Gasteiger partial charge in [-0.05, 0) is 54.2 Å². The molecule has 0 radical (unpaired) electrons. The van der Waals surface area contributed by atoms with Crippen molar-refractivity contribution in [1.29, 1.82) is 0 Å². The van der Waals surface area contributed by atoms with Crippen molar-refractivity contribution in [2.45, 2.75) is 46.5 Å². The van der Waals surface area contributed by atoms with Crippen molar-refractivity contribution >= 4 is 5.69 Å². The summed E-state index contributed by atoms with van der Waals surface area (Å²) in [6, 6.07) is 13.2. The minimum Gasteiger partial charge on any atom is -0.399 e. The van der Waals surface area contributed by atoms with E-state index in [-0.39, 0.29) is 5.41 Å². The summed E-state index contributed by atoms with van der Waals surface area (Å²) in [6.45, 7) is 11.0. The van der Waals surface area contributed by atoms with E-state index in [0.717, 1.165) is 12.1 Å². The highest BCUT2D eigenvalue weighted by atomic mass is 14.6. The molecule has 0 fully saturated rings. The fraction of sp³-hybridized carbons (Fsp3) is 0.368. The second kappa shape index (κ2) is 5.32. The SMILES string of the molecule is CCc1cc(C(C)(C)c2ccc(C)c(C)c2)ccc1N. The van der Waals surface area contributed by atoms with E-state index in [1.54, 1.807) is 0 Å². The van der Waals surface area contributed by atoms with Gasteiger partial charge in [-0.2, -0.15) is 0 Å². The van der Waals surface area contributed by atoms with Gasteiger partial charge < -0.3 is 5.73 Å². The first-order valence-electron chi connectivity index (χ1n) is 7.33. The van der Waals surface area contributed by atoms with Crippen LogP contribution >= 0.6 is 0 Å². The first-order chi connectivity index (χ1) is 9.36. The second-order valence-electron chi connectivity index (χ2n) is 6.19. The molecular weight excluding hydrogens is 242 g/mol. The quantitative estimate of drug-likeness (QED) is 0.796. The highest BCUT2D eigenvalue weighted by Crippen LogP contribution is 2.34. The van der Waals surface area contributed by atoms with Crippen LogP contribution < -0.4 is 5.73 Å². The van der Waals surface area contributed by atoms with Crippen molar-refractivity contribution in [1.82, 2.24) is 0 Å². The molecule has 0 heterocycles. The van der Waals surface area contributed by atoms with Gasteiger partial charge in [0.15, 0.2) is 0 Å². The molecule has 2 aromatic carbocycles. The van der Waals surface area contributed by atoms with Crippen LogP contribution in [0, 0.1) is 13.8 Å². The average molecular weight is 267 g/mol. The maximum atomic E-state index is 6.03. The number of rotatable bonds is 3. The van der Waals surface area contributed by atoms with E-state index in [2.05, 4.69) is 65.0 Å². The van der Waals surface area contributed by atoms with Crippen LogP contribution in [0.4, 0.5) is 5.69 Å². The molecule has 0 amide bonds. The van der Waals surface area contributed by atoms with Crippen LogP contribution in [0.15, 0.2) is 36.4 Å². The van der Waals surface area contributed by atoms with Gasteiger partial charge in [-0.3, -0.25) is 0 Å². The Morgan fingerprint density at radius 1 is 0.900 bits per heavy atom. The molecule has 106 valence electrons. The van der Waals surface area contributed by atoms with Gasteiger partial charge in [0, 0.05) is 11.1 Å². The Hall–Kier alpha value is -1.76. The lowest BCUT2D eigenvalue weighted by atomic mass is 9.76. The summed E-state index contributed by atoms with van der Waals surface area (Å²) in [7, 11) is 0. The van der Waals surface area contributed by atoms with E-state index in [1.807, 2.05) is 6.07 Å². The van der Waals surface area contributed by atoms with Crippen LogP contribution in [-0.2, 0) is 11.8 Å².